The summed E-state index contributed by atoms with van der Waals surface area (Å²) in [6, 6.07) is 7.96. The van der Waals surface area contributed by atoms with Crippen molar-refractivity contribution in [3.63, 3.8) is 0 Å². The van der Waals surface area contributed by atoms with E-state index in [0.717, 1.165) is 17.5 Å². The van der Waals surface area contributed by atoms with Crippen LogP contribution in [0.2, 0.25) is 0 Å². The van der Waals surface area contributed by atoms with Crippen molar-refractivity contribution in [2.24, 2.45) is 11.8 Å². The minimum atomic E-state index is 0.335. The molecule has 2 N–H and O–H groups in total. The molecule has 3 unspecified atom stereocenters. The summed E-state index contributed by atoms with van der Waals surface area (Å²) >= 11 is 0. The molecule has 0 saturated heterocycles. The van der Waals surface area contributed by atoms with E-state index in [0.29, 0.717) is 11.8 Å². The molecule has 3 atom stereocenters. The third kappa shape index (κ3) is 2.69. The molecule has 1 aliphatic rings. The molecule has 0 amide bonds. The Hall–Kier alpha value is -1.18. The predicted molar refractivity (Wildman–Crippen MR) is 67.7 cm³/mol. The van der Waals surface area contributed by atoms with E-state index in [-0.39, 0.29) is 0 Å². The molecule has 1 aromatic rings. The lowest BCUT2D eigenvalue weighted by atomic mass is 9.79. The normalized spacial score (nSPS) is 30.0. The molecule has 1 aliphatic carbocycles. The summed E-state index contributed by atoms with van der Waals surface area (Å²) < 4.78 is 0. The van der Waals surface area contributed by atoms with Crippen molar-refractivity contribution >= 4 is 5.69 Å². The second-order valence-corrected chi connectivity index (χ2v) is 5.16. The first kappa shape index (κ1) is 11.3. The van der Waals surface area contributed by atoms with Gasteiger partial charge in [-0.1, -0.05) is 19.9 Å². The zero-order chi connectivity index (χ0) is 11.5. The molecule has 1 aromatic carbocycles. The Morgan fingerprint density at radius 1 is 1.19 bits per heavy atom. The highest BCUT2D eigenvalue weighted by atomic mass is 16.3. The molecule has 2 rings (SSSR count). The number of aromatic hydroxyl groups is 1. The van der Waals surface area contributed by atoms with Crippen molar-refractivity contribution in [3.8, 4) is 5.75 Å². The zero-order valence-electron chi connectivity index (χ0n) is 10.1. The second-order valence-electron chi connectivity index (χ2n) is 5.16. The van der Waals surface area contributed by atoms with Gasteiger partial charge in [0, 0.05) is 17.8 Å². The highest BCUT2D eigenvalue weighted by Gasteiger charge is 2.24. The summed E-state index contributed by atoms with van der Waals surface area (Å²) in [5.41, 5.74) is 1.03. The largest absolute Gasteiger partial charge is 0.508 e. The summed E-state index contributed by atoms with van der Waals surface area (Å²) in [6.07, 6.45) is 3.77. The quantitative estimate of drug-likeness (QED) is 0.796. The maximum Gasteiger partial charge on any atom is 0.117 e. The average molecular weight is 219 g/mol. The Morgan fingerprint density at radius 3 is 2.69 bits per heavy atom. The smallest absolute Gasteiger partial charge is 0.117 e. The number of nitrogens with one attached hydrogen (secondary N) is 1. The van der Waals surface area contributed by atoms with Gasteiger partial charge in [0.05, 0.1) is 0 Å². The van der Waals surface area contributed by atoms with Crippen LogP contribution in [0.5, 0.6) is 5.75 Å². The predicted octanol–water partition coefficient (Wildman–Crippen LogP) is 3.63. The van der Waals surface area contributed by atoms with Gasteiger partial charge < -0.3 is 10.4 Å². The lowest BCUT2D eigenvalue weighted by molar-refractivity contribution is 0.261. The lowest BCUT2D eigenvalue weighted by Gasteiger charge is -2.33. The third-order valence-corrected chi connectivity index (χ3v) is 3.82. The fourth-order valence-corrected chi connectivity index (χ4v) is 2.51. The van der Waals surface area contributed by atoms with Gasteiger partial charge in [-0.25, -0.2) is 0 Å². The molecule has 88 valence electrons. The van der Waals surface area contributed by atoms with Gasteiger partial charge in [-0.2, -0.15) is 0 Å². The van der Waals surface area contributed by atoms with E-state index in [1.165, 1.54) is 19.3 Å². The van der Waals surface area contributed by atoms with Crippen molar-refractivity contribution in [3.05, 3.63) is 24.3 Å². The van der Waals surface area contributed by atoms with Crippen LogP contribution in [-0.2, 0) is 0 Å². The highest BCUT2D eigenvalue weighted by molar-refractivity contribution is 5.48. The zero-order valence-corrected chi connectivity index (χ0v) is 10.1. The maximum absolute atomic E-state index is 9.40. The van der Waals surface area contributed by atoms with Crippen LogP contribution in [0.1, 0.15) is 33.1 Å². The van der Waals surface area contributed by atoms with Crippen LogP contribution in [0.4, 0.5) is 5.69 Å². The van der Waals surface area contributed by atoms with Crippen LogP contribution in [0, 0.1) is 11.8 Å². The van der Waals surface area contributed by atoms with E-state index in [2.05, 4.69) is 19.2 Å². The van der Waals surface area contributed by atoms with Crippen LogP contribution >= 0.6 is 0 Å². The summed E-state index contributed by atoms with van der Waals surface area (Å²) in [6.45, 7) is 4.68. The summed E-state index contributed by atoms with van der Waals surface area (Å²) in [5, 5.41) is 12.9. The van der Waals surface area contributed by atoms with E-state index in [1.54, 1.807) is 12.1 Å². The molecule has 0 bridgehead atoms. The summed E-state index contributed by atoms with van der Waals surface area (Å²) in [5.74, 6) is 1.98. The van der Waals surface area contributed by atoms with Crippen LogP contribution in [0.3, 0.4) is 0 Å². The van der Waals surface area contributed by atoms with Crippen molar-refractivity contribution < 1.29 is 5.11 Å². The SMILES string of the molecule is CC1CCC(Nc2cccc(O)c2)CC1C. The van der Waals surface area contributed by atoms with Gasteiger partial charge >= 0.3 is 0 Å². The molecule has 1 saturated carbocycles. The standard InChI is InChI=1S/C14H21NO/c1-10-6-7-13(8-11(10)2)15-12-4-3-5-14(16)9-12/h3-5,9-11,13,15-16H,6-8H2,1-2H3. The first-order valence-corrected chi connectivity index (χ1v) is 6.20. The molecule has 0 aliphatic heterocycles. The number of rotatable bonds is 2. The van der Waals surface area contributed by atoms with Crippen molar-refractivity contribution in [1.29, 1.82) is 0 Å². The number of anilines is 1. The van der Waals surface area contributed by atoms with E-state index in [4.69, 9.17) is 0 Å². The van der Waals surface area contributed by atoms with Crippen LogP contribution in [0.15, 0.2) is 24.3 Å². The Bertz CT molecular complexity index is 350. The van der Waals surface area contributed by atoms with E-state index < -0.39 is 0 Å². The van der Waals surface area contributed by atoms with Gasteiger partial charge in [0.15, 0.2) is 0 Å². The lowest BCUT2D eigenvalue weighted by Crippen LogP contribution is -2.30. The van der Waals surface area contributed by atoms with Crippen molar-refractivity contribution in [2.45, 2.75) is 39.2 Å². The minimum Gasteiger partial charge on any atom is -0.508 e. The van der Waals surface area contributed by atoms with Gasteiger partial charge in [0.25, 0.3) is 0 Å². The van der Waals surface area contributed by atoms with Gasteiger partial charge in [0.1, 0.15) is 5.75 Å². The number of phenols is 1. The highest BCUT2D eigenvalue weighted by Crippen LogP contribution is 2.31. The van der Waals surface area contributed by atoms with E-state index in [9.17, 15) is 5.11 Å². The molecule has 0 radical (unpaired) electrons. The third-order valence-electron chi connectivity index (χ3n) is 3.82. The molecular formula is C14H21NO. The molecular weight excluding hydrogens is 198 g/mol. The van der Waals surface area contributed by atoms with E-state index in [1.807, 2.05) is 12.1 Å². The number of benzene rings is 1. The first-order chi connectivity index (χ1) is 7.65. The second kappa shape index (κ2) is 4.77. The number of hydrogen-bond donors (Lipinski definition) is 2. The summed E-state index contributed by atoms with van der Waals surface area (Å²) in [7, 11) is 0. The molecule has 0 aromatic heterocycles. The molecule has 0 heterocycles. The van der Waals surface area contributed by atoms with Crippen LogP contribution in [-0.4, -0.2) is 11.1 Å². The van der Waals surface area contributed by atoms with Crippen molar-refractivity contribution in [1.82, 2.24) is 0 Å². The Kier molecular flexibility index (Phi) is 3.37. The molecule has 2 nitrogen and oxygen atoms in total. The minimum absolute atomic E-state index is 0.335. The Balaban J connectivity index is 1.95. The molecule has 2 heteroatoms. The monoisotopic (exact) mass is 219 g/mol. The Labute approximate surface area is 97.7 Å². The fourth-order valence-electron chi connectivity index (χ4n) is 2.51. The topological polar surface area (TPSA) is 32.3 Å². The molecule has 16 heavy (non-hydrogen) atoms. The van der Waals surface area contributed by atoms with Crippen LogP contribution in [0.25, 0.3) is 0 Å². The number of phenolic OH excluding ortho intramolecular Hbond substituents is 1. The average Bonchev–Trinajstić information content (AvgIpc) is 2.24. The molecule has 1 fully saturated rings. The van der Waals surface area contributed by atoms with Gasteiger partial charge in [-0.3, -0.25) is 0 Å². The first-order valence-electron chi connectivity index (χ1n) is 6.20. The van der Waals surface area contributed by atoms with Gasteiger partial charge in [-0.05, 0) is 43.2 Å². The maximum atomic E-state index is 9.40. The van der Waals surface area contributed by atoms with Crippen molar-refractivity contribution in [2.75, 3.05) is 5.32 Å². The van der Waals surface area contributed by atoms with Gasteiger partial charge in [0.2, 0.25) is 0 Å². The number of hydrogen-bond acceptors (Lipinski definition) is 2. The van der Waals surface area contributed by atoms with Crippen LogP contribution < -0.4 is 5.32 Å². The molecule has 0 spiro atoms. The van der Waals surface area contributed by atoms with Gasteiger partial charge in [-0.15, -0.1) is 0 Å². The Morgan fingerprint density at radius 2 is 2.00 bits per heavy atom. The van der Waals surface area contributed by atoms with E-state index >= 15 is 0 Å². The fraction of sp³-hybridized carbons (Fsp3) is 0.571. The summed E-state index contributed by atoms with van der Waals surface area (Å²) in [4.78, 5) is 0.